The number of halogens is 1. The molecule has 0 saturated carbocycles. The zero-order chi connectivity index (χ0) is 16.4. The lowest BCUT2D eigenvalue weighted by molar-refractivity contribution is 0.122. The Balaban J connectivity index is 1.51. The van der Waals surface area contributed by atoms with Crippen molar-refractivity contribution in [1.29, 1.82) is 0 Å². The number of ether oxygens (including phenoxy) is 3. The third kappa shape index (κ3) is 3.05. The fourth-order valence-electron chi connectivity index (χ4n) is 2.78. The Hall–Kier alpha value is -2.60. The van der Waals surface area contributed by atoms with Gasteiger partial charge in [-0.25, -0.2) is 4.39 Å². The molecule has 2 aliphatic rings. The fraction of sp³-hybridized carbons (Fsp3) is 0.278. The molecule has 2 heterocycles. The van der Waals surface area contributed by atoms with Gasteiger partial charge in [0.1, 0.15) is 5.82 Å². The summed E-state index contributed by atoms with van der Waals surface area (Å²) in [4.78, 5) is 6.37. The topological polar surface area (TPSA) is 43.3 Å². The average Bonchev–Trinajstić information content (AvgIpc) is 3.08. The largest absolute Gasteiger partial charge is 0.454 e. The van der Waals surface area contributed by atoms with E-state index in [-0.39, 0.29) is 12.6 Å². The molecule has 0 bridgehead atoms. The first-order chi connectivity index (χ1) is 11.8. The average molecular weight is 328 g/mol. The van der Waals surface area contributed by atoms with Crippen molar-refractivity contribution in [1.82, 2.24) is 0 Å². The predicted molar refractivity (Wildman–Crippen MR) is 89.3 cm³/mol. The van der Waals surface area contributed by atoms with Crippen molar-refractivity contribution in [3.05, 3.63) is 47.8 Å². The summed E-state index contributed by atoms with van der Waals surface area (Å²) in [6.07, 6.45) is 1.64. The van der Waals surface area contributed by atoms with E-state index in [1.807, 2.05) is 23.1 Å². The minimum Gasteiger partial charge on any atom is -0.454 e. The molecular weight excluding hydrogens is 311 g/mol. The molecule has 2 aliphatic heterocycles. The fourth-order valence-corrected chi connectivity index (χ4v) is 2.78. The Kier molecular flexibility index (Phi) is 4.04. The van der Waals surface area contributed by atoms with Gasteiger partial charge >= 0.3 is 0 Å². The first-order valence-electron chi connectivity index (χ1n) is 7.85. The van der Waals surface area contributed by atoms with Gasteiger partial charge in [0.2, 0.25) is 6.79 Å². The lowest BCUT2D eigenvalue weighted by atomic mass is 10.2. The van der Waals surface area contributed by atoms with Crippen molar-refractivity contribution in [3.63, 3.8) is 0 Å². The van der Waals surface area contributed by atoms with Crippen LogP contribution in [0.1, 0.15) is 5.56 Å². The molecule has 1 saturated heterocycles. The summed E-state index contributed by atoms with van der Waals surface area (Å²) in [5.74, 6) is 1.15. The zero-order valence-corrected chi connectivity index (χ0v) is 13.1. The van der Waals surface area contributed by atoms with Gasteiger partial charge in [-0.2, -0.15) is 0 Å². The Morgan fingerprint density at radius 1 is 1.00 bits per heavy atom. The molecule has 0 unspecified atom stereocenters. The number of hydrogen-bond acceptors (Lipinski definition) is 5. The van der Waals surface area contributed by atoms with Crippen LogP contribution in [0, 0.1) is 5.82 Å². The SMILES string of the molecule is Fc1cc(C=Nc2ccc3c(c2)OCO3)ccc1N1CCOCC1. The molecule has 0 radical (unpaired) electrons. The maximum Gasteiger partial charge on any atom is 0.231 e. The second-order valence-electron chi connectivity index (χ2n) is 5.61. The molecule has 24 heavy (non-hydrogen) atoms. The Labute approximate surface area is 139 Å². The predicted octanol–water partition coefficient (Wildman–Crippen LogP) is 3.14. The zero-order valence-electron chi connectivity index (χ0n) is 13.1. The molecule has 2 aromatic rings. The third-order valence-corrected chi connectivity index (χ3v) is 4.04. The Morgan fingerprint density at radius 2 is 1.83 bits per heavy atom. The molecule has 0 aliphatic carbocycles. The monoisotopic (exact) mass is 328 g/mol. The standard InChI is InChI=1S/C18H17FN2O3/c19-15-9-13(1-3-16(15)21-5-7-22-8-6-21)11-20-14-2-4-17-18(10-14)24-12-23-17/h1-4,9-11H,5-8,12H2. The lowest BCUT2D eigenvalue weighted by Crippen LogP contribution is -2.36. The van der Waals surface area contributed by atoms with Gasteiger partial charge in [0.05, 0.1) is 24.6 Å². The van der Waals surface area contributed by atoms with Gasteiger partial charge in [0, 0.05) is 25.4 Å². The number of nitrogens with zero attached hydrogens (tertiary/aromatic N) is 2. The van der Waals surface area contributed by atoms with E-state index in [1.165, 1.54) is 6.07 Å². The number of aliphatic imine (C=N–C) groups is 1. The van der Waals surface area contributed by atoms with Gasteiger partial charge in [0.15, 0.2) is 11.5 Å². The molecule has 0 amide bonds. The van der Waals surface area contributed by atoms with Crippen molar-refractivity contribution >= 4 is 17.6 Å². The van der Waals surface area contributed by atoms with E-state index in [4.69, 9.17) is 14.2 Å². The Morgan fingerprint density at radius 3 is 2.67 bits per heavy atom. The van der Waals surface area contributed by atoms with Crippen LogP contribution in [0.25, 0.3) is 0 Å². The molecule has 0 N–H and O–H groups in total. The highest BCUT2D eigenvalue weighted by Crippen LogP contribution is 2.35. The quantitative estimate of drug-likeness (QED) is 0.812. The molecule has 4 rings (SSSR count). The summed E-state index contributed by atoms with van der Waals surface area (Å²) in [6.45, 7) is 2.92. The van der Waals surface area contributed by atoms with Gasteiger partial charge in [-0.3, -0.25) is 4.99 Å². The van der Waals surface area contributed by atoms with Crippen molar-refractivity contribution in [2.75, 3.05) is 38.0 Å². The summed E-state index contributed by atoms with van der Waals surface area (Å²) >= 11 is 0. The smallest absolute Gasteiger partial charge is 0.231 e. The van der Waals surface area contributed by atoms with Gasteiger partial charge < -0.3 is 19.1 Å². The maximum absolute atomic E-state index is 14.4. The lowest BCUT2D eigenvalue weighted by Gasteiger charge is -2.29. The van der Waals surface area contributed by atoms with Crippen LogP contribution < -0.4 is 14.4 Å². The minimum atomic E-state index is -0.244. The second-order valence-corrected chi connectivity index (χ2v) is 5.61. The summed E-state index contributed by atoms with van der Waals surface area (Å²) in [5.41, 5.74) is 2.05. The highest BCUT2D eigenvalue weighted by atomic mass is 19.1. The van der Waals surface area contributed by atoms with E-state index in [0.29, 0.717) is 43.3 Å². The highest BCUT2D eigenvalue weighted by molar-refractivity contribution is 5.83. The normalized spacial score (nSPS) is 16.8. The number of morpholine rings is 1. The number of benzene rings is 2. The van der Waals surface area contributed by atoms with Crippen LogP contribution in [0.15, 0.2) is 41.4 Å². The number of rotatable bonds is 3. The third-order valence-electron chi connectivity index (χ3n) is 4.04. The maximum atomic E-state index is 14.4. The molecule has 2 aromatic carbocycles. The van der Waals surface area contributed by atoms with E-state index >= 15 is 0 Å². The first-order valence-corrected chi connectivity index (χ1v) is 7.85. The van der Waals surface area contributed by atoms with Crippen LogP contribution in [0.5, 0.6) is 11.5 Å². The molecule has 124 valence electrons. The van der Waals surface area contributed by atoms with Crippen molar-refractivity contribution < 1.29 is 18.6 Å². The van der Waals surface area contributed by atoms with Crippen LogP contribution in [0.4, 0.5) is 15.8 Å². The van der Waals surface area contributed by atoms with E-state index in [0.717, 1.165) is 11.4 Å². The number of fused-ring (bicyclic) bond motifs is 1. The second kappa shape index (κ2) is 6.49. The highest BCUT2D eigenvalue weighted by Gasteiger charge is 2.15. The first kappa shape index (κ1) is 15.0. The molecule has 0 aromatic heterocycles. The molecule has 1 fully saturated rings. The summed E-state index contributed by atoms with van der Waals surface area (Å²) in [5, 5.41) is 0. The van der Waals surface area contributed by atoms with Gasteiger partial charge in [-0.1, -0.05) is 6.07 Å². The van der Waals surface area contributed by atoms with Crippen LogP contribution in [-0.2, 0) is 4.74 Å². The van der Waals surface area contributed by atoms with Crippen molar-refractivity contribution in [2.45, 2.75) is 0 Å². The molecule has 0 spiro atoms. The molecule has 6 heteroatoms. The number of hydrogen-bond donors (Lipinski definition) is 0. The van der Waals surface area contributed by atoms with E-state index in [2.05, 4.69) is 4.99 Å². The van der Waals surface area contributed by atoms with E-state index in [9.17, 15) is 4.39 Å². The van der Waals surface area contributed by atoms with Crippen LogP contribution in [-0.4, -0.2) is 39.3 Å². The van der Waals surface area contributed by atoms with Crippen molar-refractivity contribution in [2.24, 2.45) is 4.99 Å². The van der Waals surface area contributed by atoms with Crippen molar-refractivity contribution in [3.8, 4) is 11.5 Å². The molecule has 0 atom stereocenters. The van der Waals surface area contributed by atoms with Crippen LogP contribution >= 0.6 is 0 Å². The van der Waals surface area contributed by atoms with Gasteiger partial charge in [-0.15, -0.1) is 0 Å². The number of anilines is 1. The van der Waals surface area contributed by atoms with Gasteiger partial charge in [0.25, 0.3) is 0 Å². The molecular formula is C18H17FN2O3. The summed E-state index contributed by atoms with van der Waals surface area (Å²) in [7, 11) is 0. The van der Waals surface area contributed by atoms with Crippen LogP contribution in [0.2, 0.25) is 0 Å². The van der Waals surface area contributed by atoms with Gasteiger partial charge in [-0.05, 0) is 29.8 Å². The van der Waals surface area contributed by atoms with E-state index < -0.39 is 0 Å². The van der Waals surface area contributed by atoms with Crippen LogP contribution in [0.3, 0.4) is 0 Å². The molecule has 5 nitrogen and oxygen atoms in total. The summed E-state index contributed by atoms with van der Waals surface area (Å²) < 4.78 is 30.2. The minimum absolute atomic E-state index is 0.233. The van der Waals surface area contributed by atoms with E-state index in [1.54, 1.807) is 18.3 Å². The Bertz CT molecular complexity index is 773. The summed E-state index contributed by atoms with van der Waals surface area (Å²) in [6, 6.07) is 10.6.